The van der Waals surface area contributed by atoms with Gasteiger partial charge in [0, 0.05) is 36.2 Å². The van der Waals surface area contributed by atoms with Gasteiger partial charge in [0.1, 0.15) is 5.82 Å². The zero-order valence-corrected chi connectivity index (χ0v) is 20.9. The topological polar surface area (TPSA) is 131 Å². The van der Waals surface area contributed by atoms with E-state index in [1.165, 1.54) is 11.3 Å². The van der Waals surface area contributed by atoms with E-state index in [2.05, 4.69) is 35.8 Å². The SMILES string of the molecule is COc1nc(C)cc(N2CCc3nc(NC(=O)Nc4ccccc4C(=O)NC4CCOC4)sc3C2)n1. The van der Waals surface area contributed by atoms with Crippen LogP contribution in [0, 0.1) is 6.92 Å². The number of amides is 3. The summed E-state index contributed by atoms with van der Waals surface area (Å²) >= 11 is 1.43. The molecule has 2 aliphatic rings. The number of fused-ring (bicyclic) bond motifs is 1. The van der Waals surface area contributed by atoms with Crippen LogP contribution in [0.4, 0.5) is 21.4 Å². The molecular weight excluding hydrogens is 482 g/mol. The van der Waals surface area contributed by atoms with E-state index >= 15 is 0 Å². The Labute approximate surface area is 212 Å². The Bertz CT molecular complexity index is 1280. The monoisotopic (exact) mass is 509 g/mol. The molecular formula is C24H27N7O4S. The van der Waals surface area contributed by atoms with Crippen LogP contribution in [0.3, 0.4) is 0 Å². The zero-order chi connectivity index (χ0) is 25.1. The first-order chi connectivity index (χ1) is 17.5. The molecule has 3 N–H and O–H groups in total. The standard InChI is InChI=1S/C24H27N7O4S/c1-14-11-20(29-23(25-14)34-2)31-9-7-18-19(12-31)36-24(28-18)30-22(33)27-17-6-4-3-5-16(17)21(32)26-15-8-10-35-13-15/h3-6,11,15H,7-10,12-13H2,1-2H3,(H,26,32)(H2,27,28,30,33). The number of carbonyl (C=O) groups is 2. The number of hydrogen-bond acceptors (Lipinski definition) is 9. The van der Waals surface area contributed by atoms with Crippen molar-refractivity contribution in [2.75, 3.05) is 42.4 Å². The first-order valence-corrected chi connectivity index (χ1v) is 12.5. The molecule has 0 aliphatic carbocycles. The fourth-order valence-corrected chi connectivity index (χ4v) is 5.19. The highest BCUT2D eigenvalue weighted by Crippen LogP contribution is 2.31. The Hall–Kier alpha value is -3.77. The minimum atomic E-state index is -0.460. The Balaban J connectivity index is 1.23. The summed E-state index contributed by atoms with van der Waals surface area (Å²) in [5.41, 5.74) is 2.61. The van der Waals surface area contributed by atoms with Gasteiger partial charge < -0.3 is 25.0 Å². The summed E-state index contributed by atoms with van der Waals surface area (Å²) in [6.45, 7) is 4.41. The van der Waals surface area contributed by atoms with Gasteiger partial charge in [0.15, 0.2) is 5.13 Å². The van der Waals surface area contributed by atoms with Gasteiger partial charge in [0.05, 0.1) is 43.2 Å². The molecule has 4 heterocycles. The number of ether oxygens (including phenoxy) is 2. The first kappa shape index (κ1) is 23.9. The molecule has 3 amide bonds. The average molecular weight is 510 g/mol. The second kappa shape index (κ2) is 10.5. The minimum absolute atomic E-state index is 0.0204. The van der Waals surface area contributed by atoms with Crippen molar-refractivity contribution < 1.29 is 19.1 Å². The van der Waals surface area contributed by atoms with E-state index in [-0.39, 0.29) is 11.9 Å². The van der Waals surface area contributed by atoms with Crippen molar-refractivity contribution in [3.05, 3.63) is 52.2 Å². The quantitative estimate of drug-likeness (QED) is 0.462. The number of urea groups is 1. The van der Waals surface area contributed by atoms with E-state index in [9.17, 15) is 9.59 Å². The van der Waals surface area contributed by atoms with Crippen LogP contribution in [0.1, 0.15) is 33.0 Å². The molecule has 188 valence electrons. The Morgan fingerprint density at radius 3 is 2.86 bits per heavy atom. The van der Waals surface area contributed by atoms with Gasteiger partial charge in [0.25, 0.3) is 5.91 Å². The van der Waals surface area contributed by atoms with Crippen LogP contribution >= 0.6 is 11.3 Å². The number of anilines is 3. The molecule has 0 saturated carbocycles. The lowest BCUT2D eigenvalue weighted by Gasteiger charge is -2.27. The maximum absolute atomic E-state index is 12.8. The number of rotatable bonds is 6. The number of carbonyl (C=O) groups excluding carboxylic acids is 2. The second-order valence-corrected chi connectivity index (χ2v) is 9.66. The molecule has 1 fully saturated rings. The maximum Gasteiger partial charge on any atom is 0.325 e. The third-order valence-corrected chi connectivity index (χ3v) is 6.96. The Morgan fingerprint density at radius 2 is 2.06 bits per heavy atom. The third-order valence-electron chi connectivity index (χ3n) is 5.96. The summed E-state index contributed by atoms with van der Waals surface area (Å²) in [4.78, 5) is 42.0. The van der Waals surface area contributed by atoms with Crippen molar-refractivity contribution in [1.82, 2.24) is 20.3 Å². The summed E-state index contributed by atoms with van der Waals surface area (Å²) in [5, 5.41) is 9.05. The largest absolute Gasteiger partial charge is 0.467 e. The van der Waals surface area contributed by atoms with Gasteiger partial charge in [-0.25, -0.2) is 14.8 Å². The lowest BCUT2D eigenvalue weighted by Crippen LogP contribution is -2.35. The number of methoxy groups -OCH3 is 1. The molecule has 11 nitrogen and oxygen atoms in total. The number of aryl methyl sites for hydroxylation is 1. The molecule has 0 bridgehead atoms. The molecule has 3 aromatic rings. The summed E-state index contributed by atoms with van der Waals surface area (Å²) in [6, 6.07) is 8.69. The summed E-state index contributed by atoms with van der Waals surface area (Å²) in [7, 11) is 1.55. The van der Waals surface area contributed by atoms with Crippen LogP contribution in [0.5, 0.6) is 6.01 Å². The van der Waals surface area contributed by atoms with Crippen LogP contribution in [0.2, 0.25) is 0 Å². The number of thiazole rings is 1. The molecule has 1 atom stereocenters. The van der Waals surface area contributed by atoms with Crippen molar-refractivity contribution in [2.45, 2.75) is 32.4 Å². The molecule has 36 heavy (non-hydrogen) atoms. The average Bonchev–Trinajstić information content (AvgIpc) is 3.52. The highest BCUT2D eigenvalue weighted by atomic mass is 32.1. The summed E-state index contributed by atoms with van der Waals surface area (Å²) < 4.78 is 10.5. The molecule has 0 spiro atoms. The van der Waals surface area contributed by atoms with Crippen LogP contribution in [0.25, 0.3) is 0 Å². The fraction of sp³-hybridized carbons (Fsp3) is 0.375. The fourth-order valence-electron chi connectivity index (χ4n) is 4.18. The van der Waals surface area contributed by atoms with Crippen molar-refractivity contribution in [1.29, 1.82) is 0 Å². The van der Waals surface area contributed by atoms with Crippen LogP contribution in [-0.4, -0.2) is 59.8 Å². The normalized spacial score (nSPS) is 16.8. The Morgan fingerprint density at radius 1 is 1.19 bits per heavy atom. The van der Waals surface area contributed by atoms with E-state index in [1.807, 2.05) is 13.0 Å². The molecule has 2 aromatic heterocycles. The highest BCUT2D eigenvalue weighted by molar-refractivity contribution is 7.15. The van der Waals surface area contributed by atoms with E-state index in [4.69, 9.17) is 9.47 Å². The molecule has 5 rings (SSSR count). The minimum Gasteiger partial charge on any atom is -0.467 e. The van der Waals surface area contributed by atoms with Crippen molar-refractivity contribution >= 4 is 39.9 Å². The molecule has 12 heteroatoms. The summed E-state index contributed by atoms with van der Waals surface area (Å²) in [5.74, 6) is 0.549. The lowest BCUT2D eigenvalue weighted by molar-refractivity contribution is 0.0931. The first-order valence-electron chi connectivity index (χ1n) is 11.7. The van der Waals surface area contributed by atoms with Crippen LogP contribution in [0.15, 0.2) is 30.3 Å². The molecule has 1 unspecified atom stereocenters. The van der Waals surface area contributed by atoms with Gasteiger partial charge >= 0.3 is 12.0 Å². The number of nitrogens with one attached hydrogen (secondary N) is 3. The number of hydrogen-bond donors (Lipinski definition) is 3. The predicted molar refractivity (Wildman–Crippen MR) is 136 cm³/mol. The zero-order valence-electron chi connectivity index (χ0n) is 20.0. The van der Waals surface area contributed by atoms with Gasteiger partial charge in [-0.3, -0.25) is 10.1 Å². The molecule has 2 aliphatic heterocycles. The Kier molecular flexibility index (Phi) is 6.96. The lowest BCUT2D eigenvalue weighted by atomic mass is 10.1. The van der Waals surface area contributed by atoms with Crippen molar-refractivity contribution in [2.24, 2.45) is 0 Å². The van der Waals surface area contributed by atoms with Gasteiger partial charge in [-0.15, -0.1) is 0 Å². The van der Waals surface area contributed by atoms with Gasteiger partial charge in [-0.2, -0.15) is 4.98 Å². The van der Waals surface area contributed by atoms with Crippen LogP contribution in [-0.2, 0) is 17.7 Å². The van der Waals surface area contributed by atoms with Crippen LogP contribution < -0.4 is 25.6 Å². The smallest absolute Gasteiger partial charge is 0.325 e. The van der Waals surface area contributed by atoms with E-state index in [1.54, 1.807) is 31.4 Å². The van der Waals surface area contributed by atoms with E-state index in [0.29, 0.717) is 42.2 Å². The van der Waals surface area contributed by atoms with E-state index in [0.717, 1.165) is 41.5 Å². The number of para-hydroxylation sites is 1. The van der Waals surface area contributed by atoms with Crippen molar-refractivity contribution in [3.63, 3.8) is 0 Å². The van der Waals surface area contributed by atoms with Gasteiger partial charge in [-0.05, 0) is 25.5 Å². The number of benzene rings is 1. The molecule has 0 radical (unpaired) electrons. The molecule has 1 aromatic carbocycles. The third kappa shape index (κ3) is 5.39. The van der Waals surface area contributed by atoms with E-state index < -0.39 is 6.03 Å². The molecule has 1 saturated heterocycles. The maximum atomic E-state index is 12.8. The predicted octanol–water partition coefficient (Wildman–Crippen LogP) is 2.98. The van der Waals surface area contributed by atoms with Gasteiger partial charge in [-0.1, -0.05) is 23.5 Å². The second-order valence-electron chi connectivity index (χ2n) is 8.57. The number of nitrogens with zero attached hydrogens (tertiary/aromatic N) is 4. The highest BCUT2D eigenvalue weighted by Gasteiger charge is 2.24. The number of aromatic nitrogens is 3. The van der Waals surface area contributed by atoms with Crippen molar-refractivity contribution in [3.8, 4) is 6.01 Å². The van der Waals surface area contributed by atoms with Gasteiger partial charge in [0.2, 0.25) is 0 Å². The summed E-state index contributed by atoms with van der Waals surface area (Å²) in [6.07, 6.45) is 1.51.